The Morgan fingerprint density at radius 2 is 1.31 bits per heavy atom. The van der Waals surface area contributed by atoms with E-state index >= 15 is 0 Å². The predicted molar refractivity (Wildman–Crippen MR) is 56.6 cm³/mol. The van der Waals surface area contributed by atoms with Crippen molar-refractivity contribution < 1.29 is 4.74 Å². The van der Waals surface area contributed by atoms with Crippen molar-refractivity contribution in [1.29, 1.82) is 0 Å². The minimum absolute atomic E-state index is 0.875. The second kappa shape index (κ2) is 4.45. The zero-order valence-corrected chi connectivity index (χ0v) is 9.71. The third kappa shape index (κ3) is 2.07. The molecule has 0 spiro atoms. The van der Waals surface area contributed by atoms with Crippen LogP contribution in [0.1, 0.15) is 34.1 Å². The molecule has 0 saturated heterocycles. The van der Waals surface area contributed by atoms with E-state index in [1.807, 2.05) is 0 Å². The van der Waals surface area contributed by atoms with Crippen molar-refractivity contribution in [3.05, 3.63) is 0 Å². The summed E-state index contributed by atoms with van der Waals surface area (Å²) in [5, 5.41) is 0. The molecule has 0 amide bonds. The number of hydrogen-bond acceptors (Lipinski definition) is 1. The van der Waals surface area contributed by atoms with Gasteiger partial charge in [-0.25, -0.2) is 0 Å². The third-order valence-electron chi connectivity index (χ3n) is 4.49. The highest BCUT2D eigenvalue weighted by Gasteiger charge is 2.40. The maximum atomic E-state index is 5.17. The largest absolute Gasteiger partial charge is 0.385 e. The highest BCUT2D eigenvalue weighted by molar-refractivity contribution is 4.89. The first-order valence-corrected chi connectivity index (χ1v) is 5.58. The number of methoxy groups -OCH3 is 1. The fraction of sp³-hybridized carbons (Fsp3) is 1.00. The molecule has 1 saturated carbocycles. The van der Waals surface area contributed by atoms with Crippen molar-refractivity contribution in [2.45, 2.75) is 34.1 Å². The lowest BCUT2D eigenvalue weighted by Gasteiger charge is -2.20. The molecule has 13 heavy (non-hydrogen) atoms. The Balaban J connectivity index is 2.53. The van der Waals surface area contributed by atoms with Gasteiger partial charge in [-0.1, -0.05) is 27.7 Å². The van der Waals surface area contributed by atoms with E-state index in [0.717, 1.165) is 36.2 Å². The van der Waals surface area contributed by atoms with Crippen LogP contribution < -0.4 is 0 Å². The summed E-state index contributed by atoms with van der Waals surface area (Å²) in [5.74, 6) is 4.40. The van der Waals surface area contributed by atoms with Gasteiger partial charge in [-0.15, -0.1) is 0 Å². The molecule has 78 valence electrons. The molecule has 1 aliphatic carbocycles. The number of ether oxygens (including phenoxy) is 1. The molecule has 0 aromatic carbocycles. The zero-order chi connectivity index (χ0) is 10.0. The van der Waals surface area contributed by atoms with Crippen molar-refractivity contribution in [3.63, 3.8) is 0 Å². The van der Waals surface area contributed by atoms with Crippen LogP contribution in [0.25, 0.3) is 0 Å². The van der Waals surface area contributed by atoms with E-state index < -0.39 is 0 Å². The molecule has 0 aliphatic heterocycles. The van der Waals surface area contributed by atoms with Crippen molar-refractivity contribution in [3.8, 4) is 0 Å². The lowest BCUT2D eigenvalue weighted by atomic mass is 9.87. The number of hydrogen-bond donors (Lipinski definition) is 0. The number of rotatable bonds is 3. The van der Waals surface area contributed by atoms with Crippen LogP contribution in [0.4, 0.5) is 0 Å². The average molecular weight is 184 g/mol. The summed E-state index contributed by atoms with van der Waals surface area (Å²) >= 11 is 0. The zero-order valence-electron chi connectivity index (χ0n) is 9.71. The van der Waals surface area contributed by atoms with Gasteiger partial charge in [0.1, 0.15) is 0 Å². The predicted octanol–water partition coefficient (Wildman–Crippen LogP) is 3.20. The topological polar surface area (TPSA) is 9.23 Å². The molecule has 1 heteroatoms. The molecule has 1 rings (SSSR count). The molecule has 4 atom stereocenters. The maximum Gasteiger partial charge on any atom is 0.0465 e. The van der Waals surface area contributed by atoms with Gasteiger partial charge >= 0.3 is 0 Å². The van der Waals surface area contributed by atoms with Crippen molar-refractivity contribution in [2.24, 2.45) is 29.6 Å². The van der Waals surface area contributed by atoms with Crippen LogP contribution in [0, 0.1) is 29.6 Å². The first-order valence-electron chi connectivity index (χ1n) is 5.58. The van der Waals surface area contributed by atoms with Crippen LogP contribution in [0.3, 0.4) is 0 Å². The molecule has 0 N–H and O–H groups in total. The lowest BCUT2D eigenvalue weighted by molar-refractivity contribution is 0.154. The quantitative estimate of drug-likeness (QED) is 0.654. The molecular formula is C12H24O. The van der Waals surface area contributed by atoms with Crippen LogP contribution in [0.2, 0.25) is 0 Å². The van der Waals surface area contributed by atoms with Crippen LogP contribution in [0.15, 0.2) is 0 Å². The second-order valence-corrected chi connectivity index (χ2v) is 4.88. The molecule has 1 nitrogen and oxygen atoms in total. The van der Waals surface area contributed by atoms with Gasteiger partial charge in [-0.05, 0) is 36.0 Å². The minimum atomic E-state index is 0.875. The summed E-state index contributed by atoms with van der Waals surface area (Å²) in [5.41, 5.74) is 0. The molecule has 0 aromatic rings. The van der Waals surface area contributed by atoms with E-state index in [2.05, 4.69) is 27.7 Å². The molecule has 4 unspecified atom stereocenters. The van der Waals surface area contributed by atoms with Gasteiger partial charge in [0.25, 0.3) is 0 Å². The molecule has 1 fully saturated rings. The average Bonchev–Trinajstić information content (AvgIpc) is 2.30. The summed E-state index contributed by atoms with van der Waals surface area (Å²) in [7, 11) is 1.80. The van der Waals surface area contributed by atoms with Crippen molar-refractivity contribution in [1.82, 2.24) is 0 Å². The third-order valence-corrected chi connectivity index (χ3v) is 4.49. The standard InChI is InChI=1S/C12H24O/c1-8-9(2)11(4)12(10(8)3)6-7-13-5/h8-12H,6-7H2,1-5H3. The molecule has 1 aliphatic rings. The van der Waals surface area contributed by atoms with Crippen LogP contribution in [-0.2, 0) is 4.74 Å². The first kappa shape index (κ1) is 11.0. The van der Waals surface area contributed by atoms with Gasteiger partial charge < -0.3 is 4.74 Å². The lowest BCUT2D eigenvalue weighted by Crippen LogP contribution is -2.15. The Hall–Kier alpha value is -0.0400. The smallest absolute Gasteiger partial charge is 0.0465 e. The summed E-state index contributed by atoms with van der Waals surface area (Å²) in [4.78, 5) is 0. The van der Waals surface area contributed by atoms with E-state index in [1.165, 1.54) is 6.42 Å². The maximum absolute atomic E-state index is 5.17. The molecular weight excluding hydrogens is 160 g/mol. The van der Waals surface area contributed by atoms with Crippen molar-refractivity contribution >= 4 is 0 Å². The molecule has 0 heterocycles. The van der Waals surface area contributed by atoms with Crippen molar-refractivity contribution in [2.75, 3.05) is 13.7 Å². The molecule has 0 radical (unpaired) electrons. The van der Waals surface area contributed by atoms with Crippen LogP contribution in [-0.4, -0.2) is 13.7 Å². The fourth-order valence-corrected chi connectivity index (χ4v) is 3.00. The monoisotopic (exact) mass is 184 g/mol. The van der Waals surface area contributed by atoms with E-state index in [9.17, 15) is 0 Å². The van der Waals surface area contributed by atoms with E-state index in [4.69, 9.17) is 4.74 Å². The van der Waals surface area contributed by atoms with Crippen LogP contribution >= 0.6 is 0 Å². The second-order valence-electron chi connectivity index (χ2n) is 4.88. The molecule has 0 aromatic heterocycles. The SMILES string of the molecule is COCCC1C(C)C(C)C(C)C1C. The minimum Gasteiger partial charge on any atom is -0.385 e. The first-order chi connectivity index (χ1) is 6.09. The Kier molecular flexibility index (Phi) is 3.78. The summed E-state index contributed by atoms with van der Waals surface area (Å²) in [6, 6.07) is 0. The Labute approximate surface area is 82.9 Å². The van der Waals surface area contributed by atoms with Gasteiger partial charge in [0.15, 0.2) is 0 Å². The van der Waals surface area contributed by atoms with Gasteiger partial charge in [-0.3, -0.25) is 0 Å². The van der Waals surface area contributed by atoms with Crippen LogP contribution in [0.5, 0.6) is 0 Å². The van der Waals surface area contributed by atoms with E-state index in [-0.39, 0.29) is 0 Å². The van der Waals surface area contributed by atoms with E-state index in [1.54, 1.807) is 7.11 Å². The Morgan fingerprint density at radius 3 is 1.69 bits per heavy atom. The van der Waals surface area contributed by atoms with Gasteiger partial charge in [0, 0.05) is 13.7 Å². The normalized spacial score (nSPS) is 45.5. The highest BCUT2D eigenvalue weighted by atomic mass is 16.5. The fourth-order valence-electron chi connectivity index (χ4n) is 3.00. The Morgan fingerprint density at radius 1 is 0.846 bits per heavy atom. The molecule has 0 bridgehead atoms. The van der Waals surface area contributed by atoms with E-state index in [0.29, 0.717) is 0 Å². The Bertz CT molecular complexity index is 141. The summed E-state index contributed by atoms with van der Waals surface area (Å²) in [6.45, 7) is 10.5. The van der Waals surface area contributed by atoms with Gasteiger partial charge in [-0.2, -0.15) is 0 Å². The van der Waals surface area contributed by atoms with Gasteiger partial charge in [0.05, 0.1) is 0 Å². The summed E-state index contributed by atoms with van der Waals surface area (Å²) in [6.07, 6.45) is 1.24. The van der Waals surface area contributed by atoms with Gasteiger partial charge in [0.2, 0.25) is 0 Å². The highest BCUT2D eigenvalue weighted by Crippen LogP contribution is 2.46. The summed E-state index contributed by atoms with van der Waals surface area (Å²) < 4.78 is 5.17.